The lowest BCUT2D eigenvalue weighted by Gasteiger charge is -2.27. The van der Waals surface area contributed by atoms with Crippen molar-refractivity contribution in [3.05, 3.63) is 46.6 Å². The van der Waals surface area contributed by atoms with Crippen LogP contribution in [0.25, 0.3) is 0 Å². The van der Waals surface area contributed by atoms with E-state index in [0.717, 1.165) is 36.8 Å². The Morgan fingerprint density at radius 1 is 1.00 bits per heavy atom. The highest BCUT2D eigenvalue weighted by molar-refractivity contribution is 5.34. The maximum Gasteiger partial charge on any atom is 0.176 e. The SMILES string of the molecule is C/C1=C/C=C(\C(C)C)C(O)(C#N)C/C(C)=C\CC/C(C)=C\CC1. The number of rotatable bonds is 1. The van der Waals surface area contributed by atoms with E-state index in [9.17, 15) is 10.4 Å². The second-order valence-electron chi connectivity index (χ2n) is 7.12. The first kappa shape index (κ1) is 19.5. The number of nitriles is 1. The zero-order chi connectivity index (χ0) is 17.5. The van der Waals surface area contributed by atoms with Crippen LogP contribution < -0.4 is 0 Å². The average Bonchev–Trinajstić information content (AvgIpc) is 2.46. The molecule has 23 heavy (non-hydrogen) atoms. The third kappa shape index (κ3) is 6.20. The summed E-state index contributed by atoms with van der Waals surface area (Å²) < 4.78 is 0. The molecule has 0 bridgehead atoms. The Morgan fingerprint density at radius 3 is 2.13 bits per heavy atom. The van der Waals surface area contributed by atoms with Crippen molar-refractivity contribution >= 4 is 0 Å². The van der Waals surface area contributed by atoms with Crippen LogP contribution in [0.4, 0.5) is 0 Å². The molecule has 0 saturated heterocycles. The van der Waals surface area contributed by atoms with Crippen molar-refractivity contribution in [3.63, 3.8) is 0 Å². The lowest BCUT2D eigenvalue weighted by atomic mass is 9.81. The van der Waals surface area contributed by atoms with Crippen LogP contribution >= 0.6 is 0 Å². The van der Waals surface area contributed by atoms with E-state index < -0.39 is 5.60 Å². The van der Waals surface area contributed by atoms with Gasteiger partial charge in [-0.3, -0.25) is 0 Å². The molecule has 1 atom stereocenters. The molecule has 0 aromatic carbocycles. The molecule has 2 nitrogen and oxygen atoms in total. The van der Waals surface area contributed by atoms with Crippen molar-refractivity contribution in [3.8, 4) is 6.07 Å². The van der Waals surface area contributed by atoms with Crippen LogP contribution in [0.3, 0.4) is 0 Å². The van der Waals surface area contributed by atoms with Crippen molar-refractivity contribution in [2.75, 3.05) is 0 Å². The van der Waals surface area contributed by atoms with E-state index in [0.29, 0.717) is 6.42 Å². The Kier molecular flexibility index (Phi) is 7.52. The molecule has 126 valence electrons. The molecule has 0 radical (unpaired) electrons. The fourth-order valence-corrected chi connectivity index (χ4v) is 3.00. The van der Waals surface area contributed by atoms with E-state index in [4.69, 9.17) is 0 Å². The third-order valence-electron chi connectivity index (χ3n) is 4.43. The third-order valence-corrected chi connectivity index (χ3v) is 4.43. The molecule has 1 aliphatic carbocycles. The summed E-state index contributed by atoms with van der Waals surface area (Å²) in [4.78, 5) is 0. The number of hydrogen-bond acceptors (Lipinski definition) is 2. The summed E-state index contributed by atoms with van der Waals surface area (Å²) in [5.41, 5.74) is 3.15. The van der Waals surface area contributed by atoms with E-state index in [1.807, 2.05) is 26.8 Å². The fourth-order valence-electron chi connectivity index (χ4n) is 3.00. The topological polar surface area (TPSA) is 44.0 Å². The minimum Gasteiger partial charge on any atom is -0.371 e. The lowest BCUT2D eigenvalue weighted by molar-refractivity contribution is 0.128. The second-order valence-corrected chi connectivity index (χ2v) is 7.12. The zero-order valence-electron chi connectivity index (χ0n) is 15.3. The molecular weight excluding hydrogens is 282 g/mol. The second kappa shape index (κ2) is 8.89. The quantitative estimate of drug-likeness (QED) is 0.504. The van der Waals surface area contributed by atoms with Gasteiger partial charge >= 0.3 is 0 Å². The molecule has 0 amide bonds. The molecule has 2 heteroatoms. The van der Waals surface area contributed by atoms with Crippen molar-refractivity contribution in [2.24, 2.45) is 5.92 Å². The Balaban J connectivity index is 3.26. The number of allylic oxidation sites excluding steroid dienone is 6. The highest BCUT2D eigenvalue weighted by Crippen LogP contribution is 2.31. The number of aliphatic hydroxyl groups is 1. The fraction of sp³-hybridized carbons (Fsp3) is 0.571. The van der Waals surface area contributed by atoms with Crippen LogP contribution in [-0.2, 0) is 0 Å². The molecule has 0 heterocycles. The molecule has 0 aromatic heterocycles. The van der Waals surface area contributed by atoms with Gasteiger partial charge in [0.2, 0.25) is 0 Å². The standard InChI is InChI=1S/C21H31NO/c1-16(2)20-13-12-18(4)10-6-8-17(3)9-7-11-19(5)14-21(20,23)15-22/h8,11-13,16,23H,6-7,9-10,14H2,1-5H3/b17-8-,18-12-,19-11-,20-13+. The van der Waals surface area contributed by atoms with Gasteiger partial charge in [-0.05, 0) is 57.9 Å². The first-order valence-corrected chi connectivity index (χ1v) is 8.61. The smallest absolute Gasteiger partial charge is 0.176 e. The first-order valence-electron chi connectivity index (χ1n) is 8.61. The predicted octanol–water partition coefficient (Wildman–Crippen LogP) is 5.63. The van der Waals surface area contributed by atoms with Gasteiger partial charge < -0.3 is 5.11 Å². The summed E-state index contributed by atoms with van der Waals surface area (Å²) in [6, 6.07) is 2.15. The summed E-state index contributed by atoms with van der Waals surface area (Å²) >= 11 is 0. The minimum atomic E-state index is -1.42. The van der Waals surface area contributed by atoms with Crippen molar-refractivity contribution in [1.29, 1.82) is 5.26 Å². The Bertz CT molecular complexity index is 569. The molecule has 1 rings (SSSR count). The van der Waals surface area contributed by atoms with Crippen LogP contribution in [0.15, 0.2) is 46.6 Å². The Morgan fingerprint density at radius 2 is 1.57 bits per heavy atom. The average molecular weight is 313 g/mol. The molecule has 1 unspecified atom stereocenters. The van der Waals surface area contributed by atoms with E-state index in [2.05, 4.69) is 38.1 Å². The van der Waals surface area contributed by atoms with Crippen LogP contribution in [0.1, 0.15) is 66.7 Å². The van der Waals surface area contributed by atoms with Gasteiger partial charge in [-0.25, -0.2) is 0 Å². The highest BCUT2D eigenvalue weighted by atomic mass is 16.3. The van der Waals surface area contributed by atoms with Crippen molar-refractivity contribution in [2.45, 2.75) is 72.3 Å². The van der Waals surface area contributed by atoms with Gasteiger partial charge in [-0.1, -0.05) is 54.9 Å². The molecule has 0 aromatic rings. The molecule has 0 aliphatic heterocycles. The molecular formula is C21H31NO. The van der Waals surface area contributed by atoms with Gasteiger partial charge in [0, 0.05) is 6.42 Å². The summed E-state index contributed by atoms with van der Waals surface area (Å²) in [5, 5.41) is 20.5. The maximum atomic E-state index is 10.9. The van der Waals surface area contributed by atoms with Gasteiger partial charge in [0.25, 0.3) is 0 Å². The summed E-state index contributed by atoms with van der Waals surface area (Å²) in [7, 11) is 0. The molecule has 1 N–H and O–H groups in total. The van der Waals surface area contributed by atoms with Crippen molar-refractivity contribution < 1.29 is 5.11 Å². The maximum absolute atomic E-state index is 10.9. The van der Waals surface area contributed by atoms with E-state index in [1.165, 1.54) is 11.1 Å². The summed E-state index contributed by atoms with van der Waals surface area (Å²) in [5.74, 6) is 0.131. The highest BCUT2D eigenvalue weighted by Gasteiger charge is 2.33. The molecule has 0 saturated carbocycles. The van der Waals surface area contributed by atoms with E-state index >= 15 is 0 Å². The lowest BCUT2D eigenvalue weighted by Crippen LogP contribution is -2.32. The first-order chi connectivity index (χ1) is 10.8. The van der Waals surface area contributed by atoms with Crippen molar-refractivity contribution in [1.82, 2.24) is 0 Å². The molecule has 0 fully saturated rings. The Labute approximate surface area is 141 Å². The van der Waals surface area contributed by atoms with Crippen LogP contribution in [0.5, 0.6) is 0 Å². The van der Waals surface area contributed by atoms with Gasteiger partial charge in [0.1, 0.15) is 6.07 Å². The largest absolute Gasteiger partial charge is 0.371 e. The minimum absolute atomic E-state index is 0.131. The number of nitrogens with zero attached hydrogens (tertiary/aromatic N) is 1. The van der Waals surface area contributed by atoms with Gasteiger partial charge in [0.15, 0.2) is 5.60 Å². The molecule has 1 aliphatic rings. The molecule has 0 spiro atoms. The normalized spacial score (nSPS) is 33.8. The van der Waals surface area contributed by atoms with Gasteiger partial charge in [0.05, 0.1) is 0 Å². The summed E-state index contributed by atoms with van der Waals surface area (Å²) in [6.07, 6.45) is 12.9. The number of hydrogen-bond donors (Lipinski definition) is 1. The van der Waals surface area contributed by atoms with Crippen LogP contribution in [-0.4, -0.2) is 10.7 Å². The van der Waals surface area contributed by atoms with Gasteiger partial charge in [-0.2, -0.15) is 5.26 Å². The Hall–Kier alpha value is -1.59. The predicted molar refractivity (Wildman–Crippen MR) is 97.8 cm³/mol. The zero-order valence-corrected chi connectivity index (χ0v) is 15.3. The van der Waals surface area contributed by atoms with Crippen LogP contribution in [0, 0.1) is 17.2 Å². The van der Waals surface area contributed by atoms with E-state index in [-0.39, 0.29) is 5.92 Å². The van der Waals surface area contributed by atoms with Gasteiger partial charge in [-0.15, -0.1) is 0 Å². The van der Waals surface area contributed by atoms with Crippen LogP contribution in [0.2, 0.25) is 0 Å². The summed E-state index contributed by atoms with van der Waals surface area (Å²) in [6.45, 7) is 10.4. The van der Waals surface area contributed by atoms with E-state index in [1.54, 1.807) is 0 Å². The monoisotopic (exact) mass is 313 g/mol.